The van der Waals surface area contributed by atoms with Crippen molar-refractivity contribution in [1.82, 2.24) is 10.2 Å². The lowest BCUT2D eigenvalue weighted by atomic mass is 9.80. The SMILES string of the molecule is CCC1CCCCN1C(=O)C1CCC(C(=O)NCc2cccc(C)c2)CC1. The molecule has 0 radical (unpaired) electrons. The Morgan fingerprint density at radius 3 is 2.52 bits per heavy atom. The van der Waals surface area contributed by atoms with E-state index in [2.05, 4.69) is 36.2 Å². The lowest BCUT2D eigenvalue weighted by Crippen LogP contribution is -2.47. The largest absolute Gasteiger partial charge is 0.352 e. The predicted molar refractivity (Wildman–Crippen MR) is 108 cm³/mol. The molecule has 27 heavy (non-hydrogen) atoms. The molecule has 1 aliphatic heterocycles. The normalized spacial score (nSPS) is 25.9. The Balaban J connectivity index is 1.46. The molecule has 2 fully saturated rings. The molecule has 1 unspecified atom stereocenters. The number of hydrogen-bond acceptors (Lipinski definition) is 2. The van der Waals surface area contributed by atoms with E-state index in [9.17, 15) is 9.59 Å². The van der Waals surface area contributed by atoms with Gasteiger partial charge in [0.05, 0.1) is 0 Å². The number of nitrogens with one attached hydrogen (secondary N) is 1. The Kier molecular flexibility index (Phi) is 6.92. The highest BCUT2D eigenvalue weighted by Gasteiger charge is 2.34. The fourth-order valence-corrected chi connectivity index (χ4v) is 4.71. The Labute approximate surface area is 163 Å². The van der Waals surface area contributed by atoms with Gasteiger partial charge in [-0.25, -0.2) is 0 Å². The molecule has 0 spiro atoms. The second-order valence-corrected chi connectivity index (χ2v) is 8.34. The molecule has 1 aromatic carbocycles. The number of carbonyl (C=O) groups excluding carboxylic acids is 2. The van der Waals surface area contributed by atoms with Crippen LogP contribution in [0.15, 0.2) is 24.3 Å². The number of likely N-dealkylation sites (tertiary alicyclic amines) is 1. The van der Waals surface area contributed by atoms with E-state index in [1.807, 2.05) is 12.1 Å². The molecule has 4 heteroatoms. The minimum Gasteiger partial charge on any atom is -0.352 e. The van der Waals surface area contributed by atoms with Crippen molar-refractivity contribution >= 4 is 11.8 Å². The van der Waals surface area contributed by atoms with Gasteiger partial charge in [-0.1, -0.05) is 36.8 Å². The summed E-state index contributed by atoms with van der Waals surface area (Å²) in [5, 5.41) is 3.09. The first-order valence-corrected chi connectivity index (χ1v) is 10.7. The molecular weight excluding hydrogens is 336 g/mol. The van der Waals surface area contributed by atoms with Crippen LogP contribution in [0.4, 0.5) is 0 Å². The van der Waals surface area contributed by atoms with Gasteiger partial charge < -0.3 is 10.2 Å². The van der Waals surface area contributed by atoms with Crippen LogP contribution < -0.4 is 5.32 Å². The molecule has 0 aromatic heterocycles. The van der Waals surface area contributed by atoms with Crippen molar-refractivity contribution in [2.24, 2.45) is 11.8 Å². The molecule has 148 valence electrons. The van der Waals surface area contributed by atoms with Gasteiger partial charge in [0.1, 0.15) is 0 Å². The average Bonchev–Trinajstić information content (AvgIpc) is 2.71. The molecule has 1 aliphatic carbocycles. The van der Waals surface area contributed by atoms with Crippen molar-refractivity contribution < 1.29 is 9.59 Å². The number of nitrogens with zero attached hydrogens (tertiary/aromatic N) is 1. The molecule has 0 bridgehead atoms. The van der Waals surface area contributed by atoms with Gasteiger partial charge in [0.15, 0.2) is 0 Å². The third kappa shape index (κ3) is 5.12. The van der Waals surface area contributed by atoms with E-state index < -0.39 is 0 Å². The summed E-state index contributed by atoms with van der Waals surface area (Å²) in [5.74, 6) is 0.673. The third-order valence-electron chi connectivity index (χ3n) is 6.38. The first-order valence-electron chi connectivity index (χ1n) is 10.7. The van der Waals surface area contributed by atoms with Crippen molar-refractivity contribution in [3.05, 3.63) is 35.4 Å². The van der Waals surface area contributed by atoms with Gasteiger partial charge in [-0.3, -0.25) is 9.59 Å². The molecule has 4 nitrogen and oxygen atoms in total. The second kappa shape index (κ2) is 9.38. The lowest BCUT2D eigenvalue weighted by molar-refractivity contribution is -0.142. The number of aryl methyl sites for hydroxylation is 1. The van der Waals surface area contributed by atoms with Gasteiger partial charge in [0, 0.05) is 31.0 Å². The van der Waals surface area contributed by atoms with Crippen LogP contribution in [0.5, 0.6) is 0 Å². The smallest absolute Gasteiger partial charge is 0.225 e. The first-order chi connectivity index (χ1) is 13.1. The van der Waals surface area contributed by atoms with Gasteiger partial charge in [-0.15, -0.1) is 0 Å². The highest BCUT2D eigenvalue weighted by atomic mass is 16.2. The zero-order valence-corrected chi connectivity index (χ0v) is 16.9. The summed E-state index contributed by atoms with van der Waals surface area (Å²) in [6.45, 7) is 5.76. The van der Waals surface area contributed by atoms with Gasteiger partial charge in [-0.05, 0) is 63.9 Å². The van der Waals surface area contributed by atoms with Crippen LogP contribution in [0.2, 0.25) is 0 Å². The summed E-state index contributed by atoms with van der Waals surface area (Å²) in [5.41, 5.74) is 2.35. The molecule has 1 saturated carbocycles. The van der Waals surface area contributed by atoms with Crippen molar-refractivity contribution in [2.75, 3.05) is 6.54 Å². The highest BCUT2D eigenvalue weighted by molar-refractivity contribution is 5.81. The maximum Gasteiger partial charge on any atom is 0.225 e. The van der Waals surface area contributed by atoms with Crippen LogP contribution in [0.3, 0.4) is 0 Å². The average molecular weight is 371 g/mol. The minimum atomic E-state index is 0.0576. The first kappa shape index (κ1) is 19.9. The van der Waals surface area contributed by atoms with Crippen molar-refractivity contribution in [2.45, 2.75) is 77.8 Å². The van der Waals surface area contributed by atoms with Crippen LogP contribution in [0.1, 0.15) is 69.4 Å². The van der Waals surface area contributed by atoms with Crippen molar-refractivity contribution in [3.63, 3.8) is 0 Å². The van der Waals surface area contributed by atoms with Gasteiger partial charge in [-0.2, -0.15) is 0 Å². The predicted octanol–water partition coefficient (Wildman–Crippen LogP) is 4.21. The molecule has 3 rings (SSSR count). The number of benzene rings is 1. The minimum absolute atomic E-state index is 0.0576. The number of carbonyl (C=O) groups is 2. The highest BCUT2D eigenvalue weighted by Crippen LogP contribution is 2.32. The van der Waals surface area contributed by atoms with E-state index in [1.165, 1.54) is 12.0 Å². The molecule has 1 heterocycles. The number of amides is 2. The molecule has 1 aromatic rings. The maximum absolute atomic E-state index is 13.0. The second-order valence-electron chi connectivity index (χ2n) is 8.34. The summed E-state index contributed by atoms with van der Waals surface area (Å²) in [6.07, 6.45) is 7.97. The summed E-state index contributed by atoms with van der Waals surface area (Å²) < 4.78 is 0. The summed E-state index contributed by atoms with van der Waals surface area (Å²) in [6, 6.07) is 8.68. The Hall–Kier alpha value is -1.84. The van der Waals surface area contributed by atoms with Gasteiger partial charge >= 0.3 is 0 Å². The summed E-state index contributed by atoms with van der Waals surface area (Å²) in [4.78, 5) is 27.6. The van der Waals surface area contributed by atoms with E-state index in [-0.39, 0.29) is 17.7 Å². The number of hydrogen-bond donors (Lipinski definition) is 1. The Morgan fingerprint density at radius 1 is 1.07 bits per heavy atom. The Morgan fingerprint density at radius 2 is 1.81 bits per heavy atom. The summed E-state index contributed by atoms with van der Waals surface area (Å²) in [7, 11) is 0. The van der Waals surface area contributed by atoms with E-state index in [0.29, 0.717) is 18.5 Å². The summed E-state index contributed by atoms with van der Waals surface area (Å²) >= 11 is 0. The van der Waals surface area contributed by atoms with Gasteiger partial charge in [0.2, 0.25) is 11.8 Å². The number of piperidine rings is 1. The lowest BCUT2D eigenvalue weighted by Gasteiger charge is -2.39. The van der Waals surface area contributed by atoms with Crippen LogP contribution in [0.25, 0.3) is 0 Å². The van der Waals surface area contributed by atoms with Crippen molar-refractivity contribution in [3.8, 4) is 0 Å². The monoisotopic (exact) mass is 370 g/mol. The van der Waals surface area contributed by atoms with Crippen LogP contribution in [0, 0.1) is 18.8 Å². The fraction of sp³-hybridized carbons (Fsp3) is 0.652. The molecule has 1 N–H and O–H groups in total. The molecule has 1 atom stereocenters. The molecule has 2 amide bonds. The van der Waals surface area contributed by atoms with Crippen LogP contribution >= 0.6 is 0 Å². The topological polar surface area (TPSA) is 49.4 Å². The quantitative estimate of drug-likeness (QED) is 0.844. The zero-order chi connectivity index (χ0) is 19.2. The van der Waals surface area contributed by atoms with E-state index in [1.54, 1.807) is 0 Å². The fourth-order valence-electron chi connectivity index (χ4n) is 4.71. The number of rotatable bonds is 5. The standard InChI is InChI=1S/C23H34N2O2/c1-3-21-9-4-5-14-25(21)23(27)20-12-10-19(11-13-20)22(26)24-16-18-8-6-7-17(2)15-18/h6-8,15,19-21H,3-5,9-14,16H2,1-2H3,(H,24,26). The molecule has 2 aliphatic rings. The van der Waals surface area contributed by atoms with Crippen molar-refractivity contribution in [1.29, 1.82) is 0 Å². The molecule has 1 saturated heterocycles. The van der Waals surface area contributed by atoms with Crippen LogP contribution in [-0.2, 0) is 16.1 Å². The van der Waals surface area contributed by atoms with Crippen LogP contribution in [-0.4, -0.2) is 29.3 Å². The van der Waals surface area contributed by atoms with E-state index in [0.717, 1.165) is 57.1 Å². The Bertz CT molecular complexity index is 650. The van der Waals surface area contributed by atoms with E-state index in [4.69, 9.17) is 0 Å². The molecular formula is C23H34N2O2. The third-order valence-corrected chi connectivity index (χ3v) is 6.38. The van der Waals surface area contributed by atoms with E-state index >= 15 is 0 Å². The zero-order valence-electron chi connectivity index (χ0n) is 16.9. The maximum atomic E-state index is 13.0. The van der Waals surface area contributed by atoms with Gasteiger partial charge in [0.25, 0.3) is 0 Å².